The molecule has 0 radical (unpaired) electrons. The lowest BCUT2D eigenvalue weighted by Crippen LogP contribution is -2.38. The maximum Gasteiger partial charge on any atom is 0.225 e. The van der Waals surface area contributed by atoms with E-state index in [2.05, 4.69) is 19.2 Å². The summed E-state index contributed by atoms with van der Waals surface area (Å²) in [5, 5.41) is 3.83. The van der Waals surface area contributed by atoms with Crippen LogP contribution in [0.1, 0.15) is 56.1 Å². The Balaban J connectivity index is 1.59. The summed E-state index contributed by atoms with van der Waals surface area (Å²) in [6.07, 6.45) is 1.27. The second-order valence-corrected chi connectivity index (χ2v) is 9.49. The highest BCUT2D eigenvalue weighted by Gasteiger charge is 2.38. The number of allylic oxidation sites excluding steroid dienone is 2. The van der Waals surface area contributed by atoms with Crippen molar-refractivity contribution in [2.45, 2.75) is 44.9 Å². The number of Topliss-reactive ketones (excluding diaryl/α,β-unsaturated/α-hetero) is 1. The average molecular weight is 458 g/mol. The van der Waals surface area contributed by atoms with Gasteiger partial charge in [-0.05, 0) is 53.6 Å². The van der Waals surface area contributed by atoms with Gasteiger partial charge in [-0.3, -0.25) is 9.59 Å². The third-order valence-corrected chi connectivity index (χ3v) is 6.56. The Bertz CT molecular complexity index is 1040. The van der Waals surface area contributed by atoms with Crippen LogP contribution in [-0.4, -0.2) is 18.3 Å². The predicted molar refractivity (Wildman–Crippen MR) is 123 cm³/mol. The zero-order valence-corrected chi connectivity index (χ0v) is 19.1. The van der Waals surface area contributed by atoms with Gasteiger partial charge in [0.1, 0.15) is 5.75 Å². The summed E-state index contributed by atoms with van der Waals surface area (Å²) in [4.78, 5) is 25.6. The van der Waals surface area contributed by atoms with Gasteiger partial charge in [-0.2, -0.15) is 0 Å². The number of carbonyl (C=O) groups excluding carboxylic acids is 2. The molecule has 1 aliphatic carbocycles. The van der Waals surface area contributed by atoms with Crippen LogP contribution in [0.3, 0.4) is 0 Å². The minimum atomic E-state index is -0.293. The molecule has 2 atom stereocenters. The van der Waals surface area contributed by atoms with Crippen molar-refractivity contribution in [3.63, 3.8) is 0 Å². The highest BCUT2D eigenvalue weighted by molar-refractivity contribution is 6.42. The van der Waals surface area contributed by atoms with E-state index in [1.807, 2.05) is 30.3 Å². The van der Waals surface area contributed by atoms with E-state index in [9.17, 15) is 9.59 Å². The molecule has 4 rings (SSSR count). The monoisotopic (exact) mass is 457 g/mol. The predicted octanol–water partition coefficient (Wildman–Crippen LogP) is 6.03. The average Bonchev–Trinajstić information content (AvgIpc) is 2.73. The van der Waals surface area contributed by atoms with Gasteiger partial charge in [0.05, 0.1) is 16.7 Å². The van der Waals surface area contributed by atoms with E-state index in [0.29, 0.717) is 41.0 Å². The molecule has 0 saturated heterocycles. The van der Waals surface area contributed by atoms with Crippen molar-refractivity contribution >= 4 is 34.9 Å². The van der Waals surface area contributed by atoms with E-state index in [-0.39, 0.29) is 29.9 Å². The molecule has 0 saturated carbocycles. The standard InChI is InChI=1S/C25H25Cl2NO3/c1-14(2)13-31-18-6-3-15(4-7-18)17-10-22-25(23(29)11-17)19(12-24(30)28-22)16-5-8-20(26)21(27)9-16/h3-9,14,17,19H,10-13H2,1-2H3,(H,28,30). The third-order valence-electron chi connectivity index (χ3n) is 5.82. The number of hydrogen-bond donors (Lipinski definition) is 1. The van der Waals surface area contributed by atoms with E-state index in [0.717, 1.165) is 22.6 Å². The fourth-order valence-electron chi connectivity index (χ4n) is 4.31. The van der Waals surface area contributed by atoms with Crippen molar-refractivity contribution in [3.8, 4) is 5.75 Å². The zero-order chi connectivity index (χ0) is 22.1. The van der Waals surface area contributed by atoms with Crippen LogP contribution in [0.4, 0.5) is 0 Å². The second kappa shape index (κ2) is 9.05. The summed E-state index contributed by atoms with van der Waals surface area (Å²) in [6, 6.07) is 13.2. The van der Waals surface area contributed by atoms with Gasteiger partial charge in [0.15, 0.2) is 5.78 Å². The second-order valence-electron chi connectivity index (χ2n) is 8.67. The van der Waals surface area contributed by atoms with E-state index < -0.39 is 0 Å². The van der Waals surface area contributed by atoms with E-state index in [4.69, 9.17) is 27.9 Å². The number of rotatable bonds is 5. The van der Waals surface area contributed by atoms with E-state index >= 15 is 0 Å². The lowest BCUT2D eigenvalue weighted by Gasteiger charge is -2.34. The zero-order valence-electron chi connectivity index (χ0n) is 17.6. The summed E-state index contributed by atoms with van der Waals surface area (Å²) >= 11 is 12.2. The molecular formula is C25H25Cl2NO3. The molecular weight excluding hydrogens is 433 g/mol. The molecule has 1 amide bonds. The Morgan fingerprint density at radius 1 is 0.968 bits per heavy atom. The summed E-state index contributed by atoms with van der Waals surface area (Å²) in [7, 11) is 0. The smallest absolute Gasteiger partial charge is 0.225 e. The molecule has 0 fully saturated rings. The number of nitrogens with one attached hydrogen (secondary N) is 1. The lowest BCUT2D eigenvalue weighted by atomic mass is 9.73. The van der Waals surface area contributed by atoms with Crippen LogP contribution >= 0.6 is 23.2 Å². The van der Waals surface area contributed by atoms with Crippen molar-refractivity contribution in [3.05, 3.63) is 74.9 Å². The molecule has 2 aromatic rings. The van der Waals surface area contributed by atoms with Crippen LogP contribution < -0.4 is 10.1 Å². The van der Waals surface area contributed by atoms with E-state index in [1.165, 1.54) is 0 Å². The molecule has 0 spiro atoms. The molecule has 1 N–H and O–H groups in total. The molecule has 4 nitrogen and oxygen atoms in total. The van der Waals surface area contributed by atoms with Crippen LogP contribution in [0.15, 0.2) is 53.7 Å². The van der Waals surface area contributed by atoms with Gasteiger partial charge in [-0.25, -0.2) is 0 Å². The molecule has 0 bridgehead atoms. The maximum atomic E-state index is 13.2. The largest absolute Gasteiger partial charge is 0.493 e. The molecule has 2 aromatic carbocycles. The number of ether oxygens (including phenoxy) is 1. The molecule has 1 aliphatic heterocycles. The fourth-order valence-corrected chi connectivity index (χ4v) is 4.62. The first kappa shape index (κ1) is 21.9. The first-order valence-corrected chi connectivity index (χ1v) is 11.3. The number of benzene rings is 2. The quantitative estimate of drug-likeness (QED) is 0.595. The van der Waals surface area contributed by atoms with Crippen molar-refractivity contribution in [1.29, 1.82) is 0 Å². The topological polar surface area (TPSA) is 55.4 Å². The van der Waals surface area contributed by atoms with Crippen molar-refractivity contribution in [2.24, 2.45) is 5.92 Å². The van der Waals surface area contributed by atoms with Gasteiger partial charge in [0.25, 0.3) is 0 Å². The highest BCUT2D eigenvalue weighted by atomic mass is 35.5. The Labute approximate surface area is 192 Å². The Morgan fingerprint density at radius 3 is 2.35 bits per heavy atom. The number of carbonyl (C=O) groups is 2. The lowest BCUT2D eigenvalue weighted by molar-refractivity contribution is -0.122. The normalized spacial score (nSPS) is 21.2. The van der Waals surface area contributed by atoms with Crippen LogP contribution in [-0.2, 0) is 9.59 Å². The molecule has 1 heterocycles. The first-order valence-electron chi connectivity index (χ1n) is 10.6. The molecule has 162 valence electrons. The van der Waals surface area contributed by atoms with E-state index in [1.54, 1.807) is 12.1 Å². The Kier molecular flexibility index (Phi) is 6.40. The molecule has 2 aliphatic rings. The minimum Gasteiger partial charge on any atom is -0.493 e. The molecule has 31 heavy (non-hydrogen) atoms. The highest BCUT2D eigenvalue weighted by Crippen LogP contribution is 2.43. The van der Waals surface area contributed by atoms with Gasteiger partial charge in [-0.1, -0.05) is 55.2 Å². The van der Waals surface area contributed by atoms with Crippen molar-refractivity contribution in [2.75, 3.05) is 6.61 Å². The van der Waals surface area contributed by atoms with Crippen LogP contribution in [0, 0.1) is 5.92 Å². The van der Waals surface area contributed by atoms with Gasteiger partial charge < -0.3 is 10.1 Å². The number of ketones is 1. The van der Waals surface area contributed by atoms with Crippen molar-refractivity contribution in [1.82, 2.24) is 5.32 Å². The molecule has 2 unspecified atom stereocenters. The minimum absolute atomic E-state index is 0.0262. The third kappa shape index (κ3) is 4.81. The summed E-state index contributed by atoms with van der Waals surface area (Å²) in [5.41, 5.74) is 3.35. The maximum absolute atomic E-state index is 13.2. The van der Waals surface area contributed by atoms with Crippen LogP contribution in [0.2, 0.25) is 10.0 Å². The summed E-state index contributed by atoms with van der Waals surface area (Å²) < 4.78 is 5.76. The van der Waals surface area contributed by atoms with Gasteiger partial charge in [0, 0.05) is 30.0 Å². The summed E-state index contributed by atoms with van der Waals surface area (Å²) in [6.45, 7) is 4.88. The first-order chi connectivity index (χ1) is 14.8. The number of amides is 1. The van der Waals surface area contributed by atoms with Crippen molar-refractivity contribution < 1.29 is 14.3 Å². The van der Waals surface area contributed by atoms with Gasteiger partial charge in [0.2, 0.25) is 5.91 Å². The molecule has 0 aromatic heterocycles. The fraction of sp³-hybridized carbons (Fsp3) is 0.360. The summed E-state index contributed by atoms with van der Waals surface area (Å²) in [5.74, 6) is 1.00. The SMILES string of the molecule is CC(C)COc1ccc(C2CC(=O)C3=C(C2)NC(=O)CC3c2ccc(Cl)c(Cl)c2)cc1. The van der Waals surface area contributed by atoms with Gasteiger partial charge in [-0.15, -0.1) is 0 Å². The Morgan fingerprint density at radius 2 is 1.68 bits per heavy atom. The van der Waals surface area contributed by atoms with Crippen LogP contribution in [0.25, 0.3) is 0 Å². The molecule has 6 heteroatoms. The number of halogens is 2. The number of hydrogen-bond acceptors (Lipinski definition) is 3. The van der Waals surface area contributed by atoms with Crippen LogP contribution in [0.5, 0.6) is 5.75 Å². The Hall–Kier alpha value is -2.30. The van der Waals surface area contributed by atoms with Gasteiger partial charge >= 0.3 is 0 Å².